The Hall–Kier alpha value is -0.0800. The molecule has 2 heteroatoms. The van der Waals surface area contributed by atoms with E-state index >= 15 is 0 Å². The van der Waals surface area contributed by atoms with Crippen molar-refractivity contribution >= 4 is 0 Å². The molecule has 3 unspecified atom stereocenters. The van der Waals surface area contributed by atoms with Gasteiger partial charge in [-0.15, -0.1) is 0 Å². The van der Waals surface area contributed by atoms with Crippen LogP contribution in [0, 0.1) is 23.2 Å². The SMILES string of the molecule is CCNC1CCC(C(C)(C)C)CC1CN(CC)CC1CC1. The molecule has 0 bridgehead atoms. The van der Waals surface area contributed by atoms with E-state index < -0.39 is 0 Å². The lowest BCUT2D eigenvalue weighted by Gasteiger charge is -2.43. The van der Waals surface area contributed by atoms with Crippen LogP contribution in [0.5, 0.6) is 0 Å². The van der Waals surface area contributed by atoms with Crippen LogP contribution in [-0.4, -0.2) is 37.1 Å². The summed E-state index contributed by atoms with van der Waals surface area (Å²) >= 11 is 0. The van der Waals surface area contributed by atoms with Gasteiger partial charge < -0.3 is 10.2 Å². The summed E-state index contributed by atoms with van der Waals surface area (Å²) in [6, 6.07) is 0.752. The van der Waals surface area contributed by atoms with Crippen LogP contribution in [0.25, 0.3) is 0 Å². The normalized spacial score (nSPS) is 30.9. The molecule has 3 atom stereocenters. The third kappa shape index (κ3) is 5.25. The second-order valence-corrected chi connectivity index (χ2v) is 8.60. The number of nitrogens with zero attached hydrogens (tertiary/aromatic N) is 1. The van der Waals surface area contributed by atoms with Crippen LogP contribution in [-0.2, 0) is 0 Å². The van der Waals surface area contributed by atoms with E-state index in [1.807, 2.05) is 0 Å². The highest BCUT2D eigenvalue weighted by Gasteiger charge is 2.36. The van der Waals surface area contributed by atoms with Crippen LogP contribution >= 0.6 is 0 Å². The lowest BCUT2D eigenvalue weighted by atomic mass is 9.67. The Morgan fingerprint density at radius 1 is 1.00 bits per heavy atom. The van der Waals surface area contributed by atoms with Crippen molar-refractivity contribution in [3.8, 4) is 0 Å². The van der Waals surface area contributed by atoms with Gasteiger partial charge in [0.15, 0.2) is 0 Å². The predicted molar refractivity (Wildman–Crippen MR) is 92.6 cm³/mol. The van der Waals surface area contributed by atoms with E-state index in [9.17, 15) is 0 Å². The van der Waals surface area contributed by atoms with E-state index in [1.165, 1.54) is 51.7 Å². The monoisotopic (exact) mass is 294 g/mol. The number of rotatable bonds is 7. The van der Waals surface area contributed by atoms with Crippen molar-refractivity contribution in [1.82, 2.24) is 10.2 Å². The van der Waals surface area contributed by atoms with Gasteiger partial charge in [0.25, 0.3) is 0 Å². The molecule has 2 aliphatic rings. The Morgan fingerprint density at radius 2 is 1.71 bits per heavy atom. The molecular formula is C19H38N2. The van der Waals surface area contributed by atoms with E-state index in [0.29, 0.717) is 5.41 Å². The quantitative estimate of drug-likeness (QED) is 0.758. The second-order valence-electron chi connectivity index (χ2n) is 8.60. The molecule has 0 aromatic carbocycles. The van der Waals surface area contributed by atoms with Gasteiger partial charge in [0, 0.05) is 19.1 Å². The number of nitrogens with one attached hydrogen (secondary N) is 1. The van der Waals surface area contributed by atoms with Gasteiger partial charge >= 0.3 is 0 Å². The van der Waals surface area contributed by atoms with Crippen molar-refractivity contribution in [3.63, 3.8) is 0 Å². The third-order valence-corrected chi connectivity index (χ3v) is 5.83. The molecule has 2 nitrogen and oxygen atoms in total. The molecule has 2 aliphatic carbocycles. The first-order valence-corrected chi connectivity index (χ1v) is 9.39. The molecule has 0 spiro atoms. The highest BCUT2D eigenvalue weighted by molar-refractivity contribution is 4.90. The average Bonchev–Trinajstić information content (AvgIpc) is 3.23. The summed E-state index contributed by atoms with van der Waals surface area (Å²) in [4.78, 5) is 2.73. The second kappa shape index (κ2) is 7.46. The fourth-order valence-corrected chi connectivity index (χ4v) is 4.11. The molecule has 0 aromatic heterocycles. The molecule has 124 valence electrons. The van der Waals surface area contributed by atoms with Crippen LogP contribution < -0.4 is 5.32 Å². The van der Waals surface area contributed by atoms with Gasteiger partial charge in [-0.2, -0.15) is 0 Å². The van der Waals surface area contributed by atoms with Gasteiger partial charge in [-0.25, -0.2) is 0 Å². The summed E-state index contributed by atoms with van der Waals surface area (Å²) in [6.07, 6.45) is 7.15. The van der Waals surface area contributed by atoms with Crippen molar-refractivity contribution in [2.75, 3.05) is 26.2 Å². The topological polar surface area (TPSA) is 15.3 Å². The molecule has 1 N–H and O–H groups in total. The summed E-state index contributed by atoms with van der Waals surface area (Å²) < 4.78 is 0. The van der Waals surface area contributed by atoms with Crippen molar-refractivity contribution in [2.45, 2.75) is 72.8 Å². The molecule has 0 amide bonds. The molecular weight excluding hydrogens is 256 g/mol. The Balaban J connectivity index is 1.95. The highest BCUT2D eigenvalue weighted by atomic mass is 15.1. The number of hydrogen-bond acceptors (Lipinski definition) is 2. The van der Waals surface area contributed by atoms with Crippen molar-refractivity contribution in [2.24, 2.45) is 23.2 Å². The fourth-order valence-electron chi connectivity index (χ4n) is 4.11. The van der Waals surface area contributed by atoms with Crippen LogP contribution in [0.1, 0.15) is 66.7 Å². The smallest absolute Gasteiger partial charge is 0.0108 e. The molecule has 0 heterocycles. The van der Waals surface area contributed by atoms with Crippen molar-refractivity contribution in [3.05, 3.63) is 0 Å². The predicted octanol–water partition coefficient (Wildman–Crippen LogP) is 4.16. The summed E-state index contributed by atoms with van der Waals surface area (Å²) in [6.45, 7) is 16.9. The van der Waals surface area contributed by atoms with Crippen LogP contribution in [0.3, 0.4) is 0 Å². The van der Waals surface area contributed by atoms with E-state index in [-0.39, 0.29) is 0 Å². The Morgan fingerprint density at radius 3 is 2.24 bits per heavy atom. The van der Waals surface area contributed by atoms with E-state index in [0.717, 1.165) is 30.3 Å². The Labute approximate surface area is 133 Å². The molecule has 2 fully saturated rings. The minimum Gasteiger partial charge on any atom is -0.314 e. The van der Waals surface area contributed by atoms with Gasteiger partial charge in [0.2, 0.25) is 0 Å². The standard InChI is InChI=1S/C19H38N2/c1-6-20-18-11-10-17(19(3,4)5)12-16(18)14-21(7-2)13-15-8-9-15/h15-18,20H,6-14H2,1-5H3. The van der Waals surface area contributed by atoms with Gasteiger partial charge in [0.05, 0.1) is 0 Å². The lowest BCUT2D eigenvalue weighted by molar-refractivity contribution is 0.0877. The zero-order valence-corrected chi connectivity index (χ0v) is 15.1. The average molecular weight is 295 g/mol. The molecule has 0 aliphatic heterocycles. The third-order valence-electron chi connectivity index (χ3n) is 5.83. The fraction of sp³-hybridized carbons (Fsp3) is 1.00. The summed E-state index contributed by atoms with van der Waals surface area (Å²) in [5.41, 5.74) is 0.475. The molecule has 0 saturated heterocycles. The van der Waals surface area contributed by atoms with Gasteiger partial charge in [-0.1, -0.05) is 34.6 Å². The van der Waals surface area contributed by atoms with Gasteiger partial charge in [-0.3, -0.25) is 0 Å². The lowest BCUT2D eigenvalue weighted by Crippen LogP contribution is -2.47. The van der Waals surface area contributed by atoms with E-state index in [2.05, 4.69) is 44.8 Å². The Kier molecular flexibility index (Phi) is 6.14. The number of hydrogen-bond donors (Lipinski definition) is 1. The maximum atomic E-state index is 3.78. The van der Waals surface area contributed by atoms with Crippen molar-refractivity contribution < 1.29 is 0 Å². The highest BCUT2D eigenvalue weighted by Crippen LogP contribution is 2.41. The maximum absolute atomic E-state index is 3.78. The Bertz CT molecular complexity index is 303. The summed E-state index contributed by atoms with van der Waals surface area (Å²) in [5.74, 6) is 2.77. The first kappa shape index (κ1) is 17.3. The summed E-state index contributed by atoms with van der Waals surface area (Å²) in [7, 11) is 0. The van der Waals surface area contributed by atoms with Gasteiger partial charge in [0.1, 0.15) is 0 Å². The minimum atomic E-state index is 0.475. The van der Waals surface area contributed by atoms with Crippen LogP contribution in [0.2, 0.25) is 0 Å². The zero-order valence-electron chi connectivity index (χ0n) is 15.1. The van der Waals surface area contributed by atoms with Crippen LogP contribution in [0.15, 0.2) is 0 Å². The first-order chi connectivity index (χ1) is 9.94. The molecule has 2 saturated carbocycles. The van der Waals surface area contributed by atoms with Gasteiger partial charge in [-0.05, 0) is 68.4 Å². The van der Waals surface area contributed by atoms with Crippen LogP contribution in [0.4, 0.5) is 0 Å². The first-order valence-electron chi connectivity index (χ1n) is 9.39. The van der Waals surface area contributed by atoms with Crippen molar-refractivity contribution in [1.29, 1.82) is 0 Å². The molecule has 0 radical (unpaired) electrons. The summed E-state index contributed by atoms with van der Waals surface area (Å²) in [5, 5.41) is 3.78. The largest absolute Gasteiger partial charge is 0.314 e. The maximum Gasteiger partial charge on any atom is 0.0108 e. The van der Waals surface area contributed by atoms with E-state index in [1.54, 1.807) is 0 Å². The van der Waals surface area contributed by atoms with E-state index in [4.69, 9.17) is 0 Å². The molecule has 21 heavy (non-hydrogen) atoms. The zero-order chi connectivity index (χ0) is 15.5. The minimum absolute atomic E-state index is 0.475. The molecule has 2 rings (SSSR count). The molecule has 0 aromatic rings.